The first-order valence-electron chi connectivity index (χ1n) is 8.87. The Balaban J connectivity index is 1.65. The van der Waals surface area contributed by atoms with E-state index >= 15 is 0 Å². The molecule has 0 saturated carbocycles. The molecule has 0 spiro atoms. The third-order valence-corrected chi connectivity index (χ3v) is 4.11. The van der Waals surface area contributed by atoms with E-state index in [1.165, 1.54) is 6.07 Å². The zero-order valence-corrected chi connectivity index (χ0v) is 15.0. The predicted molar refractivity (Wildman–Crippen MR) is 109 cm³/mol. The normalized spacial score (nSPS) is 10.5. The van der Waals surface area contributed by atoms with Crippen LogP contribution in [0.15, 0.2) is 85.2 Å². The SMILES string of the molecule is Fc1ccccc1Nc1nc(NCc2cccnc2)cc(-c2ccccc2)n1. The molecule has 0 saturated heterocycles. The zero-order valence-electron chi connectivity index (χ0n) is 15.0. The molecule has 5 nitrogen and oxygen atoms in total. The highest BCUT2D eigenvalue weighted by Crippen LogP contribution is 2.24. The van der Waals surface area contributed by atoms with Crippen LogP contribution in [0.25, 0.3) is 11.3 Å². The van der Waals surface area contributed by atoms with Gasteiger partial charge in [0.2, 0.25) is 5.95 Å². The average Bonchev–Trinajstić information content (AvgIpc) is 2.75. The first-order valence-corrected chi connectivity index (χ1v) is 8.87. The number of pyridine rings is 1. The highest BCUT2D eigenvalue weighted by atomic mass is 19.1. The van der Waals surface area contributed by atoms with E-state index in [-0.39, 0.29) is 5.82 Å². The van der Waals surface area contributed by atoms with Crippen LogP contribution in [-0.2, 0) is 6.54 Å². The zero-order chi connectivity index (χ0) is 19.2. The summed E-state index contributed by atoms with van der Waals surface area (Å²) in [7, 11) is 0. The first kappa shape index (κ1) is 17.6. The molecule has 0 aliphatic carbocycles. The molecule has 0 unspecified atom stereocenters. The maximum Gasteiger partial charge on any atom is 0.229 e. The summed E-state index contributed by atoms with van der Waals surface area (Å²) in [5, 5.41) is 6.26. The van der Waals surface area contributed by atoms with Crippen molar-refractivity contribution in [2.75, 3.05) is 10.6 Å². The van der Waals surface area contributed by atoms with Gasteiger partial charge in [0.25, 0.3) is 0 Å². The van der Waals surface area contributed by atoms with Crippen LogP contribution in [0, 0.1) is 5.82 Å². The summed E-state index contributed by atoms with van der Waals surface area (Å²) in [5.74, 6) is 0.595. The van der Waals surface area contributed by atoms with E-state index < -0.39 is 0 Å². The second-order valence-corrected chi connectivity index (χ2v) is 6.15. The third kappa shape index (κ3) is 4.29. The average molecular weight is 371 g/mol. The number of para-hydroxylation sites is 1. The number of nitrogens with one attached hydrogen (secondary N) is 2. The lowest BCUT2D eigenvalue weighted by molar-refractivity contribution is 0.631. The lowest BCUT2D eigenvalue weighted by Crippen LogP contribution is -2.06. The van der Waals surface area contributed by atoms with Gasteiger partial charge in [-0.15, -0.1) is 0 Å². The van der Waals surface area contributed by atoms with Gasteiger partial charge in [-0.1, -0.05) is 48.5 Å². The number of rotatable bonds is 6. The molecule has 4 rings (SSSR count). The molecule has 0 aliphatic heterocycles. The second kappa shape index (κ2) is 8.26. The van der Waals surface area contributed by atoms with Gasteiger partial charge in [-0.05, 0) is 23.8 Å². The molecule has 0 aliphatic rings. The smallest absolute Gasteiger partial charge is 0.229 e. The van der Waals surface area contributed by atoms with E-state index in [4.69, 9.17) is 0 Å². The Morgan fingerprint density at radius 2 is 1.68 bits per heavy atom. The lowest BCUT2D eigenvalue weighted by atomic mass is 10.1. The minimum absolute atomic E-state index is 0.320. The number of nitrogens with zero attached hydrogens (tertiary/aromatic N) is 3. The van der Waals surface area contributed by atoms with Crippen LogP contribution in [0.1, 0.15) is 5.56 Å². The lowest BCUT2D eigenvalue weighted by Gasteiger charge is -2.12. The van der Waals surface area contributed by atoms with Gasteiger partial charge in [0, 0.05) is 30.6 Å². The van der Waals surface area contributed by atoms with E-state index in [9.17, 15) is 4.39 Å². The van der Waals surface area contributed by atoms with E-state index in [1.807, 2.05) is 48.5 Å². The monoisotopic (exact) mass is 371 g/mol. The number of hydrogen-bond acceptors (Lipinski definition) is 5. The van der Waals surface area contributed by atoms with Crippen molar-refractivity contribution in [2.45, 2.75) is 6.54 Å². The van der Waals surface area contributed by atoms with Crippen LogP contribution in [-0.4, -0.2) is 15.0 Å². The predicted octanol–water partition coefficient (Wildman–Crippen LogP) is 5.03. The van der Waals surface area contributed by atoms with Crippen molar-refractivity contribution in [3.8, 4) is 11.3 Å². The van der Waals surface area contributed by atoms with Crippen LogP contribution in [0.4, 0.5) is 21.8 Å². The fraction of sp³-hybridized carbons (Fsp3) is 0.0455. The third-order valence-electron chi connectivity index (χ3n) is 4.11. The van der Waals surface area contributed by atoms with Crippen LogP contribution >= 0.6 is 0 Å². The minimum atomic E-state index is -0.360. The number of aromatic nitrogens is 3. The number of hydrogen-bond donors (Lipinski definition) is 2. The standard InChI is InChI=1S/C22H18FN5/c23-18-10-4-5-11-19(18)26-22-27-20(17-8-2-1-3-9-17)13-21(28-22)25-15-16-7-6-12-24-14-16/h1-14H,15H2,(H2,25,26,27,28). The number of benzene rings is 2. The molecule has 2 N–H and O–H groups in total. The molecule has 0 radical (unpaired) electrons. The molecule has 0 amide bonds. The van der Waals surface area contributed by atoms with E-state index in [0.717, 1.165) is 16.8 Å². The minimum Gasteiger partial charge on any atom is -0.366 e. The molecule has 138 valence electrons. The van der Waals surface area contributed by atoms with Crippen LogP contribution in [0.5, 0.6) is 0 Å². The van der Waals surface area contributed by atoms with E-state index in [1.54, 1.807) is 30.6 Å². The van der Waals surface area contributed by atoms with Crippen molar-refractivity contribution in [3.63, 3.8) is 0 Å². The molecule has 0 bridgehead atoms. The van der Waals surface area contributed by atoms with Gasteiger partial charge < -0.3 is 10.6 Å². The summed E-state index contributed by atoms with van der Waals surface area (Å²) in [4.78, 5) is 13.2. The van der Waals surface area contributed by atoms with Gasteiger partial charge in [-0.3, -0.25) is 4.98 Å². The van der Waals surface area contributed by atoms with Gasteiger partial charge >= 0.3 is 0 Å². The molecule has 2 heterocycles. The molecule has 4 aromatic rings. The molecule has 2 aromatic heterocycles. The maximum atomic E-state index is 14.0. The largest absolute Gasteiger partial charge is 0.366 e. The highest BCUT2D eigenvalue weighted by Gasteiger charge is 2.09. The Kier molecular flexibility index (Phi) is 5.20. The second-order valence-electron chi connectivity index (χ2n) is 6.15. The van der Waals surface area contributed by atoms with Gasteiger partial charge in [-0.25, -0.2) is 9.37 Å². The van der Waals surface area contributed by atoms with Crippen molar-refractivity contribution in [1.29, 1.82) is 0 Å². The molecule has 28 heavy (non-hydrogen) atoms. The molecule has 0 fully saturated rings. The van der Waals surface area contributed by atoms with Gasteiger partial charge in [0.1, 0.15) is 11.6 Å². The molecular weight excluding hydrogens is 353 g/mol. The van der Waals surface area contributed by atoms with Crippen molar-refractivity contribution in [1.82, 2.24) is 15.0 Å². The molecular formula is C22H18FN5. The van der Waals surface area contributed by atoms with Gasteiger partial charge in [-0.2, -0.15) is 4.98 Å². The van der Waals surface area contributed by atoms with Gasteiger partial charge in [0.05, 0.1) is 11.4 Å². The fourth-order valence-electron chi connectivity index (χ4n) is 2.73. The van der Waals surface area contributed by atoms with E-state index in [0.29, 0.717) is 24.0 Å². The molecule has 0 atom stereocenters. The van der Waals surface area contributed by atoms with Crippen molar-refractivity contribution in [2.24, 2.45) is 0 Å². The van der Waals surface area contributed by atoms with Crippen LogP contribution in [0.3, 0.4) is 0 Å². The fourth-order valence-corrected chi connectivity index (χ4v) is 2.73. The quantitative estimate of drug-likeness (QED) is 0.497. The Labute approximate surface area is 162 Å². The van der Waals surface area contributed by atoms with Crippen LogP contribution in [0.2, 0.25) is 0 Å². The maximum absolute atomic E-state index is 14.0. The van der Waals surface area contributed by atoms with Crippen molar-refractivity contribution in [3.05, 3.63) is 96.6 Å². The summed E-state index contributed by atoms with van der Waals surface area (Å²) >= 11 is 0. The number of anilines is 3. The van der Waals surface area contributed by atoms with Crippen molar-refractivity contribution < 1.29 is 4.39 Å². The first-order chi connectivity index (χ1) is 13.8. The van der Waals surface area contributed by atoms with Gasteiger partial charge in [0.15, 0.2) is 0 Å². The summed E-state index contributed by atoms with van der Waals surface area (Å²) in [5.41, 5.74) is 3.05. The topological polar surface area (TPSA) is 62.7 Å². The van der Waals surface area contributed by atoms with Crippen LogP contribution < -0.4 is 10.6 Å². The Hall–Kier alpha value is -3.80. The Morgan fingerprint density at radius 3 is 2.46 bits per heavy atom. The van der Waals surface area contributed by atoms with Crippen molar-refractivity contribution >= 4 is 17.5 Å². The summed E-state index contributed by atoms with van der Waals surface area (Å²) in [6.45, 7) is 0.568. The number of halogens is 1. The summed E-state index contributed by atoms with van der Waals surface area (Å²) < 4.78 is 14.0. The Morgan fingerprint density at radius 1 is 0.857 bits per heavy atom. The van der Waals surface area contributed by atoms with E-state index in [2.05, 4.69) is 25.6 Å². The summed E-state index contributed by atoms with van der Waals surface area (Å²) in [6.07, 6.45) is 3.53. The summed E-state index contributed by atoms with van der Waals surface area (Å²) in [6, 6.07) is 22.0. The molecule has 6 heteroatoms. The highest BCUT2D eigenvalue weighted by molar-refractivity contribution is 5.66. The molecule has 2 aromatic carbocycles. The Bertz CT molecular complexity index is 1050.